The molecular weight excluding hydrogens is 413 g/mol. The summed E-state index contributed by atoms with van der Waals surface area (Å²) in [5.74, 6) is 1.02. The second-order valence-electron chi connectivity index (χ2n) is 9.37. The highest BCUT2D eigenvalue weighted by atomic mass is 19.1. The number of hydrogen-bond donors (Lipinski definition) is 1. The Morgan fingerprint density at radius 3 is 2.64 bits per heavy atom. The molecule has 0 saturated heterocycles. The van der Waals surface area contributed by atoms with Crippen LogP contribution >= 0.6 is 0 Å². The van der Waals surface area contributed by atoms with E-state index < -0.39 is 0 Å². The average Bonchev–Trinajstić information content (AvgIpc) is 2.83. The monoisotopic (exact) mass is 443 g/mol. The smallest absolute Gasteiger partial charge is 0.229 e. The molecule has 2 aromatic carbocycles. The summed E-state index contributed by atoms with van der Waals surface area (Å²) in [6.07, 6.45) is 10.1. The van der Waals surface area contributed by atoms with Gasteiger partial charge in [0.15, 0.2) is 5.82 Å². The first-order valence-electron chi connectivity index (χ1n) is 12.2. The van der Waals surface area contributed by atoms with E-state index >= 15 is 0 Å². The van der Waals surface area contributed by atoms with Gasteiger partial charge in [-0.2, -0.15) is 0 Å². The van der Waals surface area contributed by atoms with Gasteiger partial charge in [-0.1, -0.05) is 62.4 Å². The van der Waals surface area contributed by atoms with Gasteiger partial charge in [0.25, 0.3) is 0 Å². The number of amides is 1. The molecule has 33 heavy (non-hydrogen) atoms. The third-order valence-electron chi connectivity index (χ3n) is 6.97. The Morgan fingerprint density at radius 1 is 1.00 bits per heavy atom. The van der Waals surface area contributed by atoms with Crippen LogP contribution in [0.4, 0.5) is 10.2 Å². The van der Waals surface area contributed by atoms with Gasteiger partial charge in [0, 0.05) is 5.56 Å². The van der Waals surface area contributed by atoms with Gasteiger partial charge < -0.3 is 5.32 Å². The second-order valence-corrected chi connectivity index (χ2v) is 9.37. The molecule has 0 atom stereocenters. The van der Waals surface area contributed by atoms with Gasteiger partial charge in [0.1, 0.15) is 5.82 Å². The van der Waals surface area contributed by atoms with Crippen LogP contribution in [0.1, 0.15) is 61.0 Å². The van der Waals surface area contributed by atoms with E-state index in [0.29, 0.717) is 24.6 Å². The van der Waals surface area contributed by atoms with Crippen LogP contribution in [0.15, 0.2) is 48.5 Å². The van der Waals surface area contributed by atoms with Crippen molar-refractivity contribution in [1.82, 2.24) is 9.97 Å². The lowest BCUT2D eigenvalue weighted by molar-refractivity contribution is -0.115. The fourth-order valence-corrected chi connectivity index (χ4v) is 5.20. The van der Waals surface area contributed by atoms with E-state index in [1.165, 1.54) is 38.2 Å². The van der Waals surface area contributed by atoms with Crippen molar-refractivity contribution in [3.05, 3.63) is 76.9 Å². The number of aromatic nitrogens is 2. The summed E-state index contributed by atoms with van der Waals surface area (Å²) >= 11 is 0. The summed E-state index contributed by atoms with van der Waals surface area (Å²) in [6.45, 7) is 0. The Bertz CT molecular complexity index is 1140. The predicted molar refractivity (Wildman–Crippen MR) is 129 cm³/mol. The minimum atomic E-state index is -0.215. The zero-order valence-electron chi connectivity index (χ0n) is 18.9. The van der Waals surface area contributed by atoms with Crippen LogP contribution in [0.25, 0.3) is 11.3 Å². The third-order valence-corrected chi connectivity index (χ3v) is 6.97. The number of rotatable bonds is 6. The van der Waals surface area contributed by atoms with E-state index in [2.05, 4.69) is 5.32 Å². The van der Waals surface area contributed by atoms with Gasteiger partial charge in [0.2, 0.25) is 5.91 Å². The summed E-state index contributed by atoms with van der Waals surface area (Å²) in [5.41, 5.74) is 5.49. The molecule has 0 spiro atoms. The first-order chi connectivity index (χ1) is 16.2. The lowest BCUT2D eigenvalue weighted by Gasteiger charge is -2.23. The Labute approximate surface area is 194 Å². The van der Waals surface area contributed by atoms with Crippen molar-refractivity contribution in [2.75, 3.05) is 5.32 Å². The summed E-state index contributed by atoms with van der Waals surface area (Å²) in [6, 6.07) is 14.7. The number of carbonyl (C=O) groups excluding carboxylic acids is 1. The van der Waals surface area contributed by atoms with Crippen LogP contribution < -0.4 is 5.32 Å². The van der Waals surface area contributed by atoms with E-state index in [-0.39, 0.29) is 11.7 Å². The molecule has 0 bridgehead atoms. The van der Waals surface area contributed by atoms with Gasteiger partial charge in [0.05, 0.1) is 23.5 Å². The highest BCUT2D eigenvalue weighted by Gasteiger charge is 2.23. The largest absolute Gasteiger partial charge is 0.309 e. The molecule has 5 rings (SSSR count). The average molecular weight is 444 g/mol. The fourth-order valence-electron chi connectivity index (χ4n) is 5.20. The van der Waals surface area contributed by atoms with Crippen molar-refractivity contribution in [1.29, 1.82) is 0 Å². The van der Waals surface area contributed by atoms with Crippen molar-refractivity contribution in [3.8, 4) is 11.3 Å². The molecule has 3 aromatic rings. The summed E-state index contributed by atoms with van der Waals surface area (Å²) in [7, 11) is 0. The molecule has 0 radical (unpaired) electrons. The molecule has 2 aliphatic rings. The Hall–Kier alpha value is -3.08. The molecule has 1 aromatic heterocycles. The molecule has 1 N–H and O–H groups in total. The van der Waals surface area contributed by atoms with Gasteiger partial charge in [-0.15, -0.1) is 0 Å². The van der Waals surface area contributed by atoms with Crippen molar-refractivity contribution in [2.45, 2.75) is 64.2 Å². The van der Waals surface area contributed by atoms with Crippen molar-refractivity contribution in [2.24, 2.45) is 5.92 Å². The van der Waals surface area contributed by atoms with E-state index in [9.17, 15) is 9.18 Å². The van der Waals surface area contributed by atoms with E-state index in [1.807, 2.05) is 36.4 Å². The van der Waals surface area contributed by atoms with Crippen LogP contribution in [-0.4, -0.2) is 15.9 Å². The van der Waals surface area contributed by atoms with Crippen LogP contribution in [0, 0.1) is 11.7 Å². The lowest BCUT2D eigenvalue weighted by atomic mass is 9.85. The van der Waals surface area contributed by atoms with Gasteiger partial charge in [-0.3, -0.25) is 4.79 Å². The summed E-state index contributed by atoms with van der Waals surface area (Å²) in [4.78, 5) is 22.7. The maximum absolute atomic E-state index is 13.8. The first kappa shape index (κ1) is 21.7. The van der Waals surface area contributed by atoms with E-state index in [0.717, 1.165) is 53.0 Å². The molecule has 0 unspecified atom stereocenters. The number of halogens is 1. The topological polar surface area (TPSA) is 54.9 Å². The van der Waals surface area contributed by atoms with Crippen LogP contribution in [-0.2, 0) is 30.5 Å². The minimum Gasteiger partial charge on any atom is -0.309 e. The number of hydrogen-bond acceptors (Lipinski definition) is 3. The highest BCUT2D eigenvalue weighted by Crippen LogP contribution is 2.34. The number of aryl methyl sites for hydroxylation is 3. The molecule has 1 heterocycles. The Kier molecular flexibility index (Phi) is 6.47. The molecule has 1 fully saturated rings. The number of nitrogens with one attached hydrogen (secondary N) is 1. The van der Waals surface area contributed by atoms with Crippen LogP contribution in [0.5, 0.6) is 0 Å². The SMILES string of the molecule is O=C(Cc1ccccc1)Nc1nc2c(nc1CCC1CCCCC1)-c1ccc(F)cc1CC2. The standard InChI is InChI=1S/C28H30FN3O/c29-22-13-14-23-21(18-22)12-16-24-27(23)30-25(15-11-19-7-3-1-4-8-19)28(31-24)32-26(33)17-20-9-5-2-6-10-20/h2,5-6,9-10,13-14,18-19H,1,3-4,7-8,11-12,15-17H2,(H,31,32,33). The number of nitrogens with zero attached hydrogens (tertiary/aromatic N) is 2. The molecule has 0 aliphatic heterocycles. The zero-order chi connectivity index (χ0) is 22.6. The zero-order valence-corrected chi connectivity index (χ0v) is 18.9. The van der Waals surface area contributed by atoms with Crippen molar-refractivity contribution in [3.63, 3.8) is 0 Å². The summed E-state index contributed by atoms with van der Waals surface area (Å²) in [5, 5.41) is 3.06. The normalized spacial score (nSPS) is 15.5. The van der Waals surface area contributed by atoms with Crippen LogP contribution in [0.3, 0.4) is 0 Å². The van der Waals surface area contributed by atoms with Gasteiger partial charge in [-0.05, 0) is 60.9 Å². The minimum absolute atomic E-state index is 0.0763. The quantitative estimate of drug-likeness (QED) is 0.503. The molecule has 170 valence electrons. The number of fused-ring (bicyclic) bond motifs is 3. The van der Waals surface area contributed by atoms with Crippen molar-refractivity contribution >= 4 is 11.7 Å². The molecule has 1 amide bonds. The predicted octanol–water partition coefficient (Wildman–Crippen LogP) is 6.08. The second kappa shape index (κ2) is 9.82. The maximum atomic E-state index is 13.8. The lowest BCUT2D eigenvalue weighted by Crippen LogP contribution is -2.20. The molecular formula is C28H30FN3O. The number of benzene rings is 2. The Balaban J connectivity index is 1.43. The highest BCUT2D eigenvalue weighted by molar-refractivity contribution is 5.92. The van der Waals surface area contributed by atoms with Gasteiger partial charge in [-0.25, -0.2) is 14.4 Å². The summed E-state index contributed by atoms with van der Waals surface area (Å²) < 4.78 is 13.8. The molecule has 1 saturated carbocycles. The number of anilines is 1. The first-order valence-corrected chi connectivity index (χ1v) is 12.2. The third kappa shape index (κ3) is 5.13. The molecule has 4 nitrogen and oxygen atoms in total. The maximum Gasteiger partial charge on any atom is 0.229 e. The van der Waals surface area contributed by atoms with E-state index in [1.54, 1.807) is 6.07 Å². The Morgan fingerprint density at radius 2 is 1.82 bits per heavy atom. The van der Waals surface area contributed by atoms with Crippen LogP contribution in [0.2, 0.25) is 0 Å². The molecule has 5 heteroatoms. The number of carbonyl (C=O) groups is 1. The van der Waals surface area contributed by atoms with Crippen molar-refractivity contribution < 1.29 is 9.18 Å². The van der Waals surface area contributed by atoms with Gasteiger partial charge >= 0.3 is 0 Å². The fraction of sp³-hybridized carbons (Fsp3) is 0.393. The van der Waals surface area contributed by atoms with E-state index in [4.69, 9.17) is 9.97 Å². The molecule has 2 aliphatic carbocycles.